The fraction of sp³-hybridized carbons (Fsp3) is 0.138. The number of rotatable bonds is 9. The Morgan fingerprint density at radius 2 is 1.52 bits per heavy atom. The van der Waals surface area contributed by atoms with Gasteiger partial charge in [-0.2, -0.15) is 0 Å². The van der Waals surface area contributed by atoms with E-state index in [9.17, 15) is 21.6 Å². The van der Waals surface area contributed by atoms with E-state index in [1.54, 1.807) is 54.6 Å². The number of hydrogen-bond acceptors (Lipinski definition) is 5. The van der Waals surface area contributed by atoms with Gasteiger partial charge in [0.1, 0.15) is 0 Å². The quantitative estimate of drug-likeness (QED) is 0.247. The van der Waals surface area contributed by atoms with Gasteiger partial charge in [-0.05, 0) is 91.2 Å². The van der Waals surface area contributed by atoms with Crippen molar-refractivity contribution in [3.8, 4) is 0 Å². The predicted octanol–water partition coefficient (Wildman–Crippen LogP) is 5.98. The third kappa shape index (κ3) is 7.20. The van der Waals surface area contributed by atoms with Crippen molar-refractivity contribution in [2.24, 2.45) is 0 Å². The second-order valence-corrected chi connectivity index (χ2v) is 13.4. The van der Waals surface area contributed by atoms with Crippen LogP contribution in [0.2, 0.25) is 5.02 Å². The molecule has 0 radical (unpaired) electrons. The summed E-state index contributed by atoms with van der Waals surface area (Å²) >= 11 is 6.04. The van der Waals surface area contributed by atoms with Gasteiger partial charge in [-0.25, -0.2) is 16.8 Å². The van der Waals surface area contributed by atoms with Crippen LogP contribution in [0.15, 0.2) is 95.9 Å². The van der Waals surface area contributed by atoms with Crippen LogP contribution in [0.5, 0.6) is 0 Å². The summed E-state index contributed by atoms with van der Waals surface area (Å²) in [7, 11) is -7.40. The van der Waals surface area contributed by atoms with Crippen molar-refractivity contribution in [2.45, 2.75) is 25.3 Å². The third-order valence-corrected chi connectivity index (χ3v) is 8.86. The number of halogens is 1. The molecule has 0 bridgehead atoms. The molecule has 40 heavy (non-hydrogen) atoms. The molecule has 208 valence electrons. The van der Waals surface area contributed by atoms with Gasteiger partial charge < -0.3 is 5.32 Å². The first kappa shape index (κ1) is 29.1. The number of nitrogens with zero attached hydrogens (tertiary/aromatic N) is 1. The lowest BCUT2D eigenvalue weighted by atomic mass is 10.1. The number of nitrogens with one attached hydrogen (secondary N) is 2. The molecule has 2 N–H and O–H groups in total. The minimum Gasteiger partial charge on any atom is -0.322 e. The number of benzene rings is 4. The van der Waals surface area contributed by atoms with Crippen LogP contribution in [-0.2, 0) is 26.6 Å². The van der Waals surface area contributed by atoms with E-state index in [0.29, 0.717) is 33.2 Å². The number of sulfonamides is 2. The molecule has 0 saturated carbocycles. The lowest BCUT2D eigenvalue weighted by Crippen LogP contribution is -2.29. The Balaban J connectivity index is 1.43. The molecule has 11 heteroatoms. The molecule has 0 spiro atoms. The summed E-state index contributed by atoms with van der Waals surface area (Å²) in [4.78, 5) is 12.9. The molecule has 0 aliphatic heterocycles. The predicted molar refractivity (Wildman–Crippen MR) is 160 cm³/mol. The smallest absolute Gasteiger partial charge is 0.261 e. The van der Waals surface area contributed by atoms with Crippen LogP contribution in [0.3, 0.4) is 0 Å². The van der Waals surface area contributed by atoms with E-state index < -0.39 is 26.0 Å². The zero-order chi connectivity index (χ0) is 29.1. The molecule has 0 atom stereocenters. The molecule has 4 rings (SSSR count). The molecule has 0 aliphatic rings. The van der Waals surface area contributed by atoms with Crippen LogP contribution in [0, 0.1) is 13.8 Å². The largest absolute Gasteiger partial charge is 0.322 e. The summed E-state index contributed by atoms with van der Waals surface area (Å²) < 4.78 is 54.4. The molecule has 0 aliphatic carbocycles. The van der Waals surface area contributed by atoms with Crippen molar-refractivity contribution >= 4 is 54.6 Å². The monoisotopic (exact) mass is 597 g/mol. The summed E-state index contributed by atoms with van der Waals surface area (Å²) in [6.07, 6.45) is 1.12. The number of hydrogen-bond donors (Lipinski definition) is 2. The van der Waals surface area contributed by atoms with Gasteiger partial charge >= 0.3 is 0 Å². The van der Waals surface area contributed by atoms with Gasteiger partial charge in [0.15, 0.2) is 0 Å². The van der Waals surface area contributed by atoms with Crippen LogP contribution in [0.4, 0.5) is 17.1 Å². The fourth-order valence-electron chi connectivity index (χ4n) is 3.93. The van der Waals surface area contributed by atoms with Crippen molar-refractivity contribution in [3.63, 3.8) is 0 Å². The third-order valence-electron chi connectivity index (χ3n) is 6.10. The average Bonchev–Trinajstić information content (AvgIpc) is 2.89. The van der Waals surface area contributed by atoms with Crippen molar-refractivity contribution in [1.82, 2.24) is 0 Å². The summed E-state index contributed by atoms with van der Waals surface area (Å²) in [5, 5.41) is 3.16. The molecule has 4 aromatic rings. The topological polar surface area (TPSA) is 113 Å². The maximum Gasteiger partial charge on any atom is 0.261 e. The molecule has 0 heterocycles. The highest BCUT2D eigenvalue weighted by Crippen LogP contribution is 2.25. The van der Waals surface area contributed by atoms with Gasteiger partial charge in [-0.3, -0.25) is 13.8 Å². The Bertz CT molecular complexity index is 1760. The second-order valence-electron chi connectivity index (χ2n) is 9.35. The second kappa shape index (κ2) is 11.7. The standard InChI is InChI=1S/C29H28ClN3O5S2/c1-20-7-8-21(2)28(17-20)32-40(37,38)27-15-13-25(14-16-27)31-29(34)23-11-9-22(10-12-23)19-33(39(3,35)36)26-6-4-5-24(30)18-26/h4-18,32H,19H2,1-3H3,(H,31,34). The fourth-order valence-corrected chi connectivity index (χ4v) is 6.12. The first-order chi connectivity index (χ1) is 18.8. The van der Waals surface area contributed by atoms with Gasteiger partial charge in [0.05, 0.1) is 29.1 Å². The van der Waals surface area contributed by atoms with Crippen LogP contribution in [0.25, 0.3) is 0 Å². The Morgan fingerprint density at radius 1 is 0.850 bits per heavy atom. The van der Waals surface area contributed by atoms with Crippen molar-refractivity contribution in [1.29, 1.82) is 0 Å². The Labute approximate surface area is 239 Å². The van der Waals surface area contributed by atoms with E-state index >= 15 is 0 Å². The number of carbonyl (C=O) groups excluding carboxylic acids is 1. The van der Waals surface area contributed by atoms with Gasteiger partial charge in [-0.15, -0.1) is 0 Å². The molecular weight excluding hydrogens is 570 g/mol. The van der Waals surface area contributed by atoms with Gasteiger partial charge in [0.25, 0.3) is 15.9 Å². The van der Waals surface area contributed by atoms with Crippen LogP contribution < -0.4 is 14.3 Å². The number of carbonyl (C=O) groups is 1. The first-order valence-electron chi connectivity index (χ1n) is 12.2. The van der Waals surface area contributed by atoms with E-state index in [1.165, 1.54) is 28.6 Å². The Kier molecular flexibility index (Phi) is 8.53. The van der Waals surface area contributed by atoms with Gasteiger partial charge in [0.2, 0.25) is 10.0 Å². The number of aryl methyl sites for hydroxylation is 2. The maximum atomic E-state index is 12.9. The molecule has 0 saturated heterocycles. The lowest BCUT2D eigenvalue weighted by molar-refractivity contribution is 0.102. The normalized spacial score (nSPS) is 11.6. The Morgan fingerprint density at radius 3 is 2.15 bits per heavy atom. The minimum atomic E-state index is -3.81. The summed E-state index contributed by atoms with van der Waals surface area (Å²) in [6, 6.07) is 24.5. The van der Waals surface area contributed by atoms with E-state index in [1.807, 2.05) is 26.0 Å². The van der Waals surface area contributed by atoms with Crippen LogP contribution in [-0.4, -0.2) is 29.0 Å². The zero-order valence-electron chi connectivity index (χ0n) is 22.1. The SMILES string of the molecule is Cc1ccc(C)c(NS(=O)(=O)c2ccc(NC(=O)c3ccc(CN(c4cccc(Cl)c4)S(C)(=O)=O)cc3)cc2)c1. The van der Waals surface area contributed by atoms with E-state index in [-0.39, 0.29) is 11.4 Å². The molecule has 0 unspecified atom stereocenters. The molecular formula is C29H28ClN3O5S2. The van der Waals surface area contributed by atoms with Crippen molar-refractivity contribution in [3.05, 3.63) is 118 Å². The average molecular weight is 598 g/mol. The van der Waals surface area contributed by atoms with E-state index in [4.69, 9.17) is 11.6 Å². The highest BCUT2D eigenvalue weighted by atomic mass is 35.5. The minimum absolute atomic E-state index is 0.0610. The lowest BCUT2D eigenvalue weighted by Gasteiger charge is -2.22. The molecule has 0 aromatic heterocycles. The highest BCUT2D eigenvalue weighted by Gasteiger charge is 2.19. The molecule has 4 aromatic carbocycles. The zero-order valence-corrected chi connectivity index (χ0v) is 24.4. The summed E-state index contributed by atoms with van der Waals surface area (Å²) in [5.41, 5.74) is 4.13. The van der Waals surface area contributed by atoms with Crippen LogP contribution in [0.1, 0.15) is 27.0 Å². The molecule has 0 fully saturated rings. The van der Waals surface area contributed by atoms with Crippen LogP contribution >= 0.6 is 11.6 Å². The molecule has 1 amide bonds. The first-order valence-corrected chi connectivity index (χ1v) is 15.9. The summed E-state index contributed by atoms with van der Waals surface area (Å²) in [6.45, 7) is 3.77. The van der Waals surface area contributed by atoms with E-state index in [0.717, 1.165) is 17.4 Å². The van der Waals surface area contributed by atoms with Gasteiger partial charge in [0, 0.05) is 16.3 Å². The maximum absolute atomic E-state index is 12.9. The Hall–Kier alpha value is -3.86. The van der Waals surface area contributed by atoms with Crippen molar-refractivity contribution < 1.29 is 21.6 Å². The number of anilines is 3. The van der Waals surface area contributed by atoms with Gasteiger partial charge in [-0.1, -0.05) is 41.9 Å². The van der Waals surface area contributed by atoms with E-state index in [2.05, 4.69) is 10.0 Å². The number of amides is 1. The summed E-state index contributed by atoms with van der Waals surface area (Å²) in [5.74, 6) is -0.398. The highest BCUT2D eigenvalue weighted by molar-refractivity contribution is 7.92. The molecule has 8 nitrogen and oxygen atoms in total. The van der Waals surface area contributed by atoms with Crippen molar-refractivity contribution in [2.75, 3.05) is 20.6 Å².